The molecule has 1 fully saturated rings. The minimum Gasteiger partial charge on any atom is -0.497 e. The number of benzene rings is 2. The van der Waals surface area contributed by atoms with Gasteiger partial charge in [0.2, 0.25) is 21.8 Å². The smallest absolute Gasteiger partial charge is 0.243 e. The van der Waals surface area contributed by atoms with Gasteiger partial charge in [-0.1, -0.05) is 56.0 Å². The fourth-order valence-electron chi connectivity index (χ4n) is 5.07. The van der Waals surface area contributed by atoms with Crippen LogP contribution in [0.1, 0.15) is 63.9 Å². The molecular formula is C29H40ClN3O5S. The third-order valence-electron chi connectivity index (χ3n) is 7.07. The van der Waals surface area contributed by atoms with Gasteiger partial charge >= 0.3 is 0 Å². The molecule has 10 heteroatoms. The largest absolute Gasteiger partial charge is 0.497 e. The summed E-state index contributed by atoms with van der Waals surface area (Å²) in [6.45, 7) is 2.27. The molecule has 1 aliphatic carbocycles. The number of amides is 2. The lowest BCUT2D eigenvalue weighted by atomic mass is 9.95. The van der Waals surface area contributed by atoms with Gasteiger partial charge in [-0.15, -0.1) is 0 Å². The summed E-state index contributed by atoms with van der Waals surface area (Å²) >= 11 is 6.08. The summed E-state index contributed by atoms with van der Waals surface area (Å²) in [6.07, 6.45) is 7.25. The fraction of sp³-hybridized carbons (Fsp3) is 0.517. The van der Waals surface area contributed by atoms with E-state index >= 15 is 0 Å². The number of hydrogen-bond acceptors (Lipinski definition) is 5. The van der Waals surface area contributed by atoms with Crippen molar-refractivity contribution in [1.82, 2.24) is 10.2 Å². The first-order valence-corrected chi connectivity index (χ1v) is 15.8. The van der Waals surface area contributed by atoms with Crippen LogP contribution in [0.3, 0.4) is 0 Å². The van der Waals surface area contributed by atoms with Crippen molar-refractivity contribution in [2.24, 2.45) is 0 Å². The van der Waals surface area contributed by atoms with Gasteiger partial charge in [0.05, 0.1) is 19.1 Å². The van der Waals surface area contributed by atoms with E-state index in [1.54, 1.807) is 36.3 Å². The van der Waals surface area contributed by atoms with Crippen LogP contribution in [0.4, 0.5) is 5.69 Å². The molecule has 0 bridgehead atoms. The number of nitrogens with one attached hydrogen (secondary N) is 1. The van der Waals surface area contributed by atoms with Crippen molar-refractivity contribution in [1.29, 1.82) is 0 Å². The molecule has 2 amide bonds. The number of anilines is 1. The molecule has 8 nitrogen and oxygen atoms in total. The number of rotatable bonds is 13. The second-order valence-corrected chi connectivity index (χ2v) is 12.4. The molecule has 1 N–H and O–H groups in total. The second-order valence-electron chi connectivity index (χ2n) is 10.1. The Morgan fingerprint density at radius 2 is 1.82 bits per heavy atom. The van der Waals surface area contributed by atoms with E-state index in [1.165, 1.54) is 10.7 Å². The Balaban J connectivity index is 1.77. The molecule has 1 aliphatic rings. The molecule has 0 spiro atoms. The number of hydrogen-bond donors (Lipinski definition) is 1. The number of sulfonamides is 1. The van der Waals surface area contributed by atoms with Gasteiger partial charge in [0.25, 0.3) is 0 Å². The molecule has 3 rings (SSSR count). The Bertz CT molecular complexity index is 1220. The summed E-state index contributed by atoms with van der Waals surface area (Å²) in [4.78, 5) is 28.7. The van der Waals surface area contributed by atoms with Gasteiger partial charge in [-0.3, -0.25) is 13.9 Å². The summed E-state index contributed by atoms with van der Waals surface area (Å²) < 4.78 is 31.6. The minimum atomic E-state index is -3.59. The van der Waals surface area contributed by atoms with E-state index in [-0.39, 0.29) is 43.8 Å². The molecule has 0 unspecified atom stereocenters. The first-order chi connectivity index (χ1) is 18.6. The second kappa shape index (κ2) is 14.6. The summed E-state index contributed by atoms with van der Waals surface area (Å²) in [5, 5.41) is 3.60. The van der Waals surface area contributed by atoms with Crippen molar-refractivity contribution in [3.63, 3.8) is 0 Å². The van der Waals surface area contributed by atoms with Crippen LogP contribution < -0.4 is 14.4 Å². The summed E-state index contributed by atoms with van der Waals surface area (Å²) in [5.41, 5.74) is 1.30. The van der Waals surface area contributed by atoms with Gasteiger partial charge in [-0.2, -0.15) is 0 Å². The van der Waals surface area contributed by atoms with Crippen molar-refractivity contribution < 1.29 is 22.7 Å². The van der Waals surface area contributed by atoms with E-state index in [4.69, 9.17) is 16.3 Å². The average molecular weight is 578 g/mol. The van der Waals surface area contributed by atoms with E-state index in [2.05, 4.69) is 5.32 Å². The minimum absolute atomic E-state index is 0.0871. The topological polar surface area (TPSA) is 96.0 Å². The SMILES string of the molecule is CC[C@H](C(=O)NC1CCCCC1)N(Cc1cccc(OC)c1)C(=O)CCCN(c1cccc(Cl)c1)S(C)(=O)=O. The van der Waals surface area contributed by atoms with Gasteiger partial charge in [0, 0.05) is 30.6 Å². The van der Waals surface area contributed by atoms with E-state index in [9.17, 15) is 18.0 Å². The molecule has 0 saturated heterocycles. The highest BCUT2D eigenvalue weighted by molar-refractivity contribution is 7.92. The van der Waals surface area contributed by atoms with E-state index in [0.717, 1.165) is 37.5 Å². The number of ether oxygens (including phenoxy) is 1. The maximum Gasteiger partial charge on any atom is 0.243 e. The molecule has 1 atom stereocenters. The molecule has 2 aromatic rings. The first-order valence-electron chi connectivity index (χ1n) is 13.6. The van der Waals surface area contributed by atoms with Crippen molar-refractivity contribution in [3.05, 3.63) is 59.1 Å². The lowest BCUT2D eigenvalue weighted by molar-refractivity contribution is -0.141. The van der Waals surface area contributed by atoms with Crippen molar-refractivity contribution in [2.45, 2.75) is 76.9 Å². The zero-order valence-electron chi connectivity index (χ0n) is 23.1. The highest BCUT2D eigenvalue weighted by Crippen LogP contribution is 2.24. The fourth-order valence-corrected chi connectivity index (χ4v) is 6.21. The zero-order chi connectivity index (χ0) is 28.4. The molecule has 0 aliphatic heterocycles. The van der Waals surface area contributed by atoms with Gasteiger partial charge in [0.15, 0.2) is 0 Å². The maximum atomic E-state index is 13.6. The average Bonchev–Trinajstić information content (AvgIpc) is 2.90. The normalized spacial score (nSPS) is 14.9. The van der Waals surface area contributed by atoms with Gasteiger partial charge < -0.3 is 15.0 Å². The maximum absolute atomic E-state index is 13.6. The van der Waals surface area contributed by atoms with E-state index in [1.807, 2.05) is 31.2 Å². The van der Waals surface area contributed by atoms with Crippen LogP contribution in [0.15, 0.2) is 48.5 Å². The van der Waals surface area contributed by atoms with Crippen LogP contribution in [0.5, 0.6) is 5.75 Å². The molecule has 214 valence electrons. The molecule has 1 saturated carbocycles. The number of carbonyl (C=O) groups is 2. The number of carbonyl (C=O) groups excluding carboxylic acids is 2. The Kier molecular flexibility index (Phi) is 11.5. The van der Waals surface area contributed by atoms with Crippen LogP contribution in [0.2, 0.25) is 5.02 Å². The predicted molar refractivity (Wildman–Crippen MR) is 156 cm³/mol. The van der Waals surface area contributed by atoms with Crippen molar-refractivity contribution in [3.8, 4) is 5.75 Å². The first kappa shape index (κ1) is 30.8. The number of methoxy groups -OCH3 is 1. The lowest BCUT2D eigenvalue weighted by Crippen LogP contribution is -2.51. The monoisotopic (exact) mass is 577 g/mol. The standard InChI is InChI=1S/C29H40ClN3O5S/c1-4-27(29(35)31-24-13-6-5-7-14-24)32(21-22-11-8-16-26(19-22)38-2)28(34)17-10-18-33(39(3,36)37)25-15-9-12-23(30)20-25/h8-9,11-12,15-16,19-20,24,27H,4-7,10,13-14,17-18,21H2,1-3H3,(H,31,35)/t27-/m1/s1. The summed E-state index contributed by atoms with van der Waals surface area (Å²) in [6, 6.07) is 13.6. The van der Waals surface area contributed by atoms with Crippen LogP contribution >= 0.6 is 11.6 Å². The van der Waals surface area contributed by atoms with E-state index < -0.39 is 16.1 Å². The van der Waals surface area contributed by atoms with E-state index in [0.29, 0.717) is 22.9 Å². The third-order valence-corrected chi connectivity index (χ3v) is 8.50. The van der Waals surface area contributed by atoms with Gasteiger partial charge in [-0.25, -0.2) is 8.42 Å². The Morgan fingerprint density at radius 1 is 1.10 bits per heavy atom. The quantitative estimate of drug-likeness (QED) is 0.355. The molecule has 0 heterocycles. The van der Waals surface area contributed by atoms with Crippen molar-refractivity contribution >= 4 is 39.1 Å². The number of halogens is 1. The highest BCUT2D eigenvalue weighted by atomic mass is 35.5. The molecule has 39 heavy (non-hydrogen) atoms. The van der Waals surface area contributed by atoms with Crippen LogP contribution in [0.25, 0.3) is 0 Å². The highest BCUT2D eigenvalue weighted by Gasteiger charge is 2.30. The Morgan fingerprint density at radius 3 is 2.46 bits per heavy atom. The number of nitrogens with zero attached hydrogens (tertiary/aromatic N) is 2. The van der Waals surface area contributed by atoms with Crippen LogP contribution in [0, 0.1) is 0 Å². The predicted octanol–water partition coefficient (Wildman–Crippen LogP) is 5.15. The lowest BCUT2D eigenvalue weighted by Gasteiger charge is -2.33. The van der Waals surface area contributed by atoms with Crippen LogP contribution in [-0.2, 0) is 26.2 Å². The molecule has 0 aromatic heterocycles. The molecule has 0 radical (unpaired) electrons. The summed E-state index contributed by atoms with van der Waals surface area (Å²) in [5.74, 6) is 0.324. The summed E-state index contributed by atoms with van der Waals surface area (Å²) in [7, 11) is -2.00. The van der Waals surface area contributed by atoms with Crippen LogP contribution in [-0.4, -0.2) is 57.1 Å². The molecular weight excluding hydrogens is 538 g/mol. The van der Waals surface area contributed by atoms with Gasteiger partial charge in [0.1, 0.15) is 11.8 Å². The Hall–Kier alpha value is -2.78. The van der Waals surface area contributed by atoms with Gasteiger partial charge in [-0.05, 0) is 61.6 Å². The third kappa shape index (κ3) is 9.14. The Labute approximate surface area is 237 Å². The zero-order valence-corrected chi connectivity index (χ0v) is 24.6. The molecule has 2 aromatic carbocycles. The van der Waals surface area contributed by atoms with Crippen molar-refractivity contribution in [2.75, 3.05) is 24.2 Å².